The van der Waals surface area contributed by atoms with Crippen LogP contribution in [0.4, 0.5) is 0 Å². The fourth-order valence-corrected chi connectivity index (χ4v) is 1.52. The average Bonchev–Trinajstić information content (AvgIpc) is 2.06. The zero-order chi connectivity index (χ0) is 10.8. The number of hydrogen-bond acceptors (Lipinski definition) is 2. The predicted molar refractivity (Wildman–Crippen MR) is 60.0 cm³/mol. The third kappa shape index (κ3) is 3.20. The first-order valence-corrected chi connectivity index (χ1v) is 4.91. The molecule has 14 heavy (non-hydrogen) atoms. The van der Waals surface area contributed by atoms with Crippen molar-refractivity contribution in [3.8, 4) is 5.75 Å². The zero-order valence-electron chi connectivity index (χ0n) is 8.80. The summed E-state index contributed by atoms with van der Waals surface area (Å²) in [5.41, 5.74) is 6.79. The molecular formula is C11H16ClNO. The smallest absolute Gasteiger partial charge is 0.123 e. The second-order valence-corrected chi connectivity index (χ2v) is 4.56. The summed E-state index contributed by atoms with van der Waals surface area (Å²) in [5.74, 6) is 0.802. The number of benzene rings is 1. The fraction of sp³-hybridized carbons (Fsp3) is 0.455. The zero-order valence-corrected chi connectivity index (χ0v) is 9.56. The van der Waals surface area contributed by atoms with Gasteiger partial charge in [-0.2, -0.15) is 0 Å². The molecule has 0 unspecified atom stereocenters. The van der Waals surface area contributed by atoms with E-state index in [1.807, 2.05) is 32.0 Å². The lowest BCUT2D eigenvalue weighted by atomic mass is 9.96. The van der Waals surface area contributed by atoms with Gasteiger partial charge in [-0.25, -0.2) is 0 Å². The molecule has 0 aliphatic heterocycles. The molecule has 0 saturated carbocycles. The number of rotatable bonds is 3. The van der Waals surface area contributed by atoms with Crippen molar-refractivity contribution >= 4 is 11.6 Å². The summed E-state index contributed by atoms with van der Waals surface area (Å²) in [5, 5.41) is 0.681. The Labute approximate surface area is 90.0 Å². The molecule has 0 amide bonds. The van der Waals surface area contributed by atoms with E-state index in [2.05, 4.69) is 0 Å². The standard InChI is InChI=1S/C11H16ClNO/c1-11(2,13)7-8-4-5-9(12)6-10(8)14-3/h4-6H,7,13H2,1-3H3. The Hall–Kier alpha value is -0.730. The summed E-state index contributed by atoms with van der Waals surface area (Å²) in [6.07, 6.45) is 0.771. The van der Waals surface area contributed by atoms with Gasteiger partial charge in [-0.15, -0.1) is 0 Å². The van der Waals surface area contributed by atoms with Gasteiger partial charge in [0.25, 0.3) is 0 Å². The van der Waals surface area contributed by atoms with Gasteiger partial charge in [0, 0.05) is 10.6 Å². The fourth-order valence-electron chi connectivity index (χ4n) is 1.36. The van der Waals surface area contributed by atoms with Crippen LogP contribution in [0, 0.1) is 0 Å². The van der Waals surface area contributed by atoms with Crippen LogP contribution in [0.5, 0.6) is 5.75 Å². The first kappa shape index (κ1) is 11.3. The van der Waals surface area contributed by atoms with E-state index < -0.39 is 0 Å². The van der Waals surface area contributed by atoms with Crippen LogP contribution in [0.2, 0.25) is 5.02 Å². The van der Waals surface area contributed by atoms with Crippen molar-refractivity contribution in [3.63, 3.8) is 0 Å². The quantitative estimate of drug-likeness (QED) is 0.838. The van der Waals surface area contributed by atoms with Gasteiger partial charge in [-0.3, -0.25) is 0 Å². The summed E-state index contributed by atoms with van der Waals surface area (Å²) in [6.45, 7) is 3.97. The maximum atomic E-state index is 5.94. The molecule has 0 saturated heterocycles. The van der Waals surface area contributed by atoms with Crippen molar-refractivity contribution < 1.29 is 4.74 Å². The summed E-state index contributed by atoms with van der Waals surface area (Å²) in [7, 11) is 1.64. The van der Waals surface area contributed by atoms with Crippen LogP contribution in [0.1, 0.15) is 19.4 Å². The van der Waals surface area contributed by atoms with E-state index >= 15 is 0 Å². The third-order valence-electron chi connectivity index (χ3n) is 1.90. The summed E-state index contributed by atoms with van der Waals surface area (Å²) in [6, 6.07) is 5.61. The van der Waals surface area contributed by atoms with E-state index in [0.717, 1.165) is 17.7 Å². The SMILES string of the molecule is COc1cc(Cl)ccc1CC(C)(C)N. The van der Waals surface area contributed by atoms with Crippen molar-refractivity contribution in [2.45, 2.75) is 25.8 Å². The second-order valence-electron chi connectivity index (χ2n) is 4.12. The Bertz CT molecular complexity index is 318. The Balaban J connectivity index is 2.97. The van der Waals surface area contributed by atoms with Crippen LogP contribution < -0.4 is 10.5 Å². The van der Waals surface area contributed by atoms with Crippen LogP contribution >= 0.6 is 11.6 Å². The molecule has 78 valence electrons. The molecule has 1 aromatic carbocycles. The lowest BCUT2D eigenvalue weighted by Gasteiger charge is -2.20. The van der Waals surface area contributed by atoms with Crippen molar-refractivity contribution in [3.05, 3.63) is 28.8 Å². The molecule has 0 heterocycles. The van der Waals surface area contributed by atoms with Crippen LogP contribution in [-0.4, -0.2) is 12.6 Å². The summed E-state index contributed by atoms with van der Waals surface area (Å²) in [4.78, 5) is 0. The van der Waals surface area contributed by atoms with Crippen LogP contribution in [0.15, 0.2) is 18.2 Å². The molecule has 2 N–H and O–H groups in total. The highest BCUT2D eigenvalue weighted by Gasteiger charge is 2.14. The minimum Gasteiger partial charge on any atom is -0.496 e. The van der Waals surface area contributed by atoms with Gasteiger partial charge in [-0.1, -0.05) is 17.7 Å². The molecule has 1 rings (SSSR count). The summed E-state index contributed by atoms with van der Waals surface area (Å²) < 4.78 is 5.23. The highest BCUT2D eigenvalue weighted by Crippen LogP contribution is 2.25. The highest BCUT2D eigenvalue weighted by molar-refractivity contribution is 6.30. The monoisotopic (exact) mass is 213 g/mol. The van der Waals surface area contributed by atoms with E-state index in [9.17, 15) is 0 Å². The molecular weight excluding hydrogens is 198 g/mol. The minimum atomic E-state index is -0.235. The molecule has 1 aromatic rings. The van der Waals surface area contributed by atoms with Crippen LogP contribution in [0.3, 0.4) is 0 Å². The van der Waals surface area contributed by atoms with Gasteiger partial charge in [0.1, 0.15) is 5.75 Å². The van der Waals surface area contributed by atoms with E-state index in [0.29, 0.717) is 5.02 Å². The van der Waals surface area contributed by atoms with Gasteiger partial charge < -0.3 is 10.5 Å². The first-order chi connectivity index (χ1) is 6.42. The molecule has 0 atom stereocenters. The normalized spacial score (nSPS) is 11.5. The van der Waals surface area contributed by atoms with Gasteiger partial charge >= 0.3 is 0 Å². The predicted octanol–water partition coefficient (Wildman–Crippen LogP) is 2.63. The van der Waals surface area contributed by atoms with Gasteiger partial charge in [0.05, 0.1) is 7.11 Å². The van der Waals surface area contributed by atoms with Crippen LogP contribution in [0.25, 0.3) is 0 Å². The molecule has 0 bridgehead atoms. The van der Waals surface area contributed by atoms with Crippen LogP contribution in [-0.2, 0) is 6.42 Å². The van der Waals surface area contributed by atoms with Crippen molar-refractivity contribution in [2.24, 2.45) is 5.73 Å². The number of hydrogen-bond donors (Lipinski definition) is 1. The Kier molecular flexibility index (Phi) is 3.40. The third-order valence-corrected chi connectivity index (χ3v) is 2.13. The largest absolute Gasteiger partial charge is 0.496 e. The maximum absolute atomic E-state index is 5.94. The number of nitrogens with two attached hydrogens (primary N) is 1. The topological polar surface area (TPSA) is 35.2 Å². The second kappa shape index (κ2) is 4.20. The Morgan fingerprint density at radius 3 is 2.57 bits per heavy atom. The number of ether oxygens (including phenoxy) is 1. The lowest BCUT2D eigenvalue weighted by Crippen LogP contribution is -2.34. The highest BCUT2D eigenvalue weighted by atomic mass is 35.5. The summed E-state index contributed by atoms with van der Waals surface area (Å²) >= 11 is 5.86. The van der Waals surface area contributed by atoms with E-state index in [-0.39, 0.29) is 5.54 Å². The molecule has 0 aromatic heterocycles. The maximum Gasteiger partial charge on any atom is 0.123 e. The first-order valence-electron chi connectivity index (χ1n) is 4.54. The Morgan fingerprint density at radius 2 is 2.07 bits per heavy atom. The molecule has 0 aliphatic carbocycles. The van der Waals surface area contributed by atoms with Crippen molar-refractivity contribution in [1.82, 2.24) is 0 Å². The number of halogens is 1. The van der Waals surface area contributed by atoms with Crippen molar-refractivity contribution in [2.75, 3.05) is 7.11 Å². The van der Waals surface area contributed by atoms with E-state index in [1.54, 1.807) is 7.11 Å². The van der Waals surface area contributed by atoms with E-state index in [1.165, 1.54) is 0 Å². The number of methoxy groups -OCH3 is 1. The lowest BCUT2D eigenvalue weighted by molar-refractivity contribution is 0.402. The average molecular weight is 214 g/mol. The molecule has 0 radical (unpaired) electrons. The Morgan fingerprint density at radius 1 is 1.43 bits per heavy atom. The van der Waals surface area contributed by atoms with Crippen molar-refractivity contribution in [1.29, 1.82) is 0 Å². The molecule has 2 nitrogen and oxygen atoms in total. The molecule has 0 aliphatic rings. The molecule has 3 heteroatoms. The molecule has 0 spiro atoms. The minimum absolute atomic E-state index is 0.235. The van der Waals surface area contributed by atoms with Gasteiger partial charge in [0.2, 0.25) is 0 Å². The van der Waals surface area contributed by atoms with E-state index in [4.69, 9.17) is 22.1 Å². The van der Waals surface area contributed by atoms with Gasteiger partial charge in [-0.05, 0) is 38.0 Å². The van der Waals surface area contributed by atoms with Gasteiger partial charge in [0.15, 0.2) is 0 Å². The molecule has 0 fully saturated rings.